The Hall–Kier alpha value is -2.98. The van der Waals surface area contributed by atoms with Crippen molar-refractivity contribution in [3.8, 4) is 0 Å². The normalized spacial score (nSPS) is 19.9. The smallest absolute Gasteiger partial charge is 0.309 e. The molecular weight excluding hydrogens is 456 g/mol. The molecule has 11 nitrogen and oxygen atoms in total. The third kappa shape index (κ3) is 9.65. The summed E-state index contributed by atoms with van der Waals surface area (Å²) in [6.45, 7) is 4.82. The van der Waals surface area contributed by atoms with E-state index in [2.05, 4.69) is 21.3 Å². The Morgan fingerprint density at radius 3 is 2.23 bits per heavy atom. The highest BCUT2D eigenvalue weighted by atomic mass is 16.5. The molecule has 11 heteroatoms. The predicted octanol–water partition coefficient (Wildman–Crippen LogP) is 0.109. The molecule has 0 unspecified atom stereocenters. The molecule has 1 saturated heterocycles. The largest absolute Gasteiger partial charge is 0.458 e. The van der Waals surface area contributed by atoms with Crippen molar-refractivity contribution >= 4 is 35.4 Å². The molecule has 0 radical (unpaired) electrons. The molecule has 4 N–H and O–H groups in total. The zero-order valence-corrected chi connectivity index (χ0v) is 20.8. The van der Waals surface area contributed by atoms with E-state index in [-0.39, 0.29) is 30.7 Å². The molecule has 0 aromatic rings. The van der Waals surface area contributed by atoms with Crippen molar-refractivity contribution in [3.63, 3.8) is 0 Å². The van der Waals surface area contributed by atoms with Gasteiger partial charge in [0.2, 0.25) is 11.8 Å². The van der Waals surface area contributed by atoms with Crippen molar-refractivity contribution in [2.45, 2.75) is 90.3 Å². The van der Waals surface area contributed by atoms with Crippen molar-refractivity contribution < 1.29 is 33.5 Å². The maximum Gasteiger partial charge on any atom is 0.309 e. The lowest BCUT2D eigenvalue weighted by Crippen LogP contribution is -2.55. The van der Waals surface area contributed by atoms with Crippen LogP contribution < -0.4 is 21.3 Å². The summed E-state index contributed by atoms with van der Waals surface area (Å²) < 4.78 is 4.79. The van der Waals surface area contributed by atoms with Gasteiger partial charge in [0.05, 0.1) is 6.04 Å². The molecule has 0 bridgehead atoms. The van der Waals surface area contributed by atoms with E-state index in [9.17, 15) is 28.8 Å². The second kappa shape index (κ2) is 13.8. The Bertz CT molecular complexity index is 808. The number of Topliss-reactive ketones (excluding diaryl/α,β-unsaturated/α-hetero) is 1. The van der Waals surface area contributed by atoms with Gasteiger partial charge in [0.1, 0.15) is 6.04 Å². The average Bonchev–Trinajstić information content (AvgIpc) is 3.20. The number of hydrogen-bond donors (Lipinski definition) is 4. The first-order chi connectivity index (χ1) is 16.6. The molecule has 35 heavy (non-hydrogen) atoms. The molecule has 3 atom stereocenters. The number of carbonyl (C=O) groups excluding carboxylic acids is 6. The van der Waals surface area contributed by atoms with Crippen LogP contribution in [0.5, 0.6) is 0 Å². The number of nitrogens with one attached hydrogen (secondary N) is 4. The maximum atomic E-state index is 13.1. The van der Waals surface area contributed by atoms with Gasteiger partial charge in [-0.1, -0.05) is 33.1 Å². The Morgan fingerprint density at radius 2 is 1.66 bits per heavy atom. The lowest BCUT2D eigenvalue weighted by atomic mass is 9.95. The van der Waals surface area contributed by atoms with Gasteiger partial charge in [-0.05, 0) is 38.0 Å². The van der Waals surface area contributed by atoms with Crippen molar-refractivity contribution in [3.05, 3.63) is 0 Å². The number of amides is 4. The lowest BCUT2D eigenvalue weighted by molar-refractivity contribution is -0.147. The van der Waals surface area contributed by atoms with Crippen LogP contribution in [-0.2, 0) is 33.5 Å². The molecule has 196 valence electrons. The molecule has 2 rings (SSSR count). The molecule has 1 aliphatic heterocycles. The van der Waals surface area contributed by atoms with Crippen molar-refractivity contribution in [1.29, 1.82) is 0 Å². The molecule has 0 aromatic heterocycles. The van der Waals surface area contributed by atoms with E-state index >= 15 is 0 Å². The highest BCUT2D eigenvalue weighted by molar-refractivity contribution is 6.35. The minimum absolute atomic E-state index is 0.00302. The van der Waals surface area contributed by atoms with Gasteiger partial charge in [0, 0.05) is 25.4 Å². The molecule has 1 saturated carbocycles. The van der Waals surface area contributed by atoms with Gasteiger partial charge in [0.25, 0.3) is 0 Å². The Labute approximate surface area is 205 Å². The van der Waals surface area contributed by atoms with Crippen LogP contribution in [0.25, 0.3) is 0 Å². The van der Waals surface area contributed by atoms with Crippen LogP contribution in [0.3, 0.4) is 0 Å². The fourth-order valence-corrected chi connectivity index (χ4v) is 4.40. The van der Waals surface area contributed by atoms with Crippen LogP contribution in [0.4, 0.5) is 0 Å². The van der Waals surface area contributed by atoms with Gasteiger partial charge in [-0.3, -0.25) is 28.8 Å². The van der Waals surface area contributed by atoms with Crippen LogP contribution in [0.2, 0.25) is 0 Å². The summed E-state index contributed by atoms with van der Waals surface area (Å²) in [4.78, 5) is 73.9. The van der Waals surface area contributed by atoms with Crippen molar-refractivity contribution in [2.75, 3.05) is 13.2 Å². The van der Waals surface area contributed by atoms with E-state index in [1.54, 1.807) is 0 Å². The zero-order chi connectivity index (χ0) is 26.0. The highest BCUT2D eigenvalue weighted by Crippen LogP contribution is 2.18. The Balaban J connectivity index is 2.06. The number of esters is 1. The Morgan fingerprint density at radius 1 is 0.971 bits per heavy atom. The predicted molar refractivity (Wildman–Crippen MR) is 126 cm³/mol. The quantitative estimate of drug-likeness (QED) is 0.234. The third-order valence-electron chi connectivity index (χ3n) is 6.28. The first-order valence-corrected chi connectivity index (χ1v) is 12.4. The second-order valence-corrected chi connectivity index (χ2v) is 9.78. The summed E-state index contributed by atoms with van der Waals surface area (Å²) in [5.74, 6) is -4.22. The monoisotopic (exact) mass is 494 g/mol. The van der Waals surface area contributed by atoms with Gasteiger partial charge in [0.15, 0.2) is 12.4 Å². The summed E-state index contributed by atoms with van der Waals surface area (Å²) in [7, 11) is 0. The summed E-state index contributed by atoms with van der Waals surface area (Å²) in [5, 5.41) is 10.5. The standard InChI is InChI=1S/C24H38N4O7/c1-14(2)11-19(28-24(34)23(33)26-17-7-5-4-6-8-17)22(32)27-18(20(30)13-35-15(3)29)12-16-9-10-25-21(16)31/h14,16-19H,4-13H2,1-3H3,(H,25,31)(H,26,33)(H,27,32)(H,28,34)/t16-,18-,19-/m0/s1. The molecule has 0 aromatic carbocycles. The van der Waals surface area contributed by atoms with Crippen molar-refractivity contribution in [2.24, 2.45) is 11.8 Å². The fraction of sp³-hybridized carbons (Fsp3) is 0.750. The lowest BCUT2D eigenvalue weighted by Gasteiger charge is -2.26. The van der Waals surface area contributed by atoms with E-state index in [0.717, 1.165) is 39.0 Å². The van der Waals surface area contributed by atoms with Crippen LogP contribution in [0, 0.1) is 11.8 Å². The summed E-state index contributed by atoms with van der Waals surface area (Å²) in [6, 6.07) is -2.19. The number of ether oxygens (including phenoxy) is 1. The van der Waals surface area contributed by atoms with Crippen LogP contribution in [0.1, 0.15) is 72.1 Å². The molecule has 1 heterocycles. The third-order valence-corrected chi connectivity index (χ3v) is 6.28. The van der Waals surface area contributed by atoms with E-state index in [1.165, 1.54) is 0 Å². The van der Waals surface area contributed by atoms with E-state index < -0.39 is 54.1 Å². The minimum Gasteiger partial charge on any atom is -0.458 e. The first-order valence-electron chi connectivity index (χ1n) is 12.4. The van der Waals surface area contributed by atoms with E-state index in [1.807, 2.05) is 13.8 Å². The average molecular weight is 495 g/mol. The van der Waals surface area contributed by atoms with Crippen molar-refractivity contribution in [1.82, 2.24) is 21.3 Å². The van der Waals surface area contributed by atoms with Crippen LogP contribution in [-0.4, -0.2) is 66.7 Å². The molecule has 1 aliphatic carbocycles. The topological polar surface area (TPSA) is 160 Å². The van der Waals surface area contributed by atoms with Gasteiger partial charge < -0.3 is 26.0 Å². The van der Waals surface area contributed by atoms with E-state index in [4.69, 9.17) is 4.74 Å². The molecule has 2 aliphatic rings. The number of rotatable bonds is 11. The van der Waals surface area contributed by atoms with Gasteiger partial charge in [-0.2, -0.15) is 0 Å². The fourth-order valence-electron chi connectivity index (χ4n) is 4.40. The first kappa shape index (κ1) is 28.3. The molecule has 2 fully saturated rings. The molecular formula is C24H38N4O7. The summed E-state index contributed by atoms with van der Waals surface area (Å²) in [5.41, 5.74) is 0. The number of carbonyl (C=O) groups is 6. The maximum absolute atomic E-state index is 13.1. The molecule has 0 spiro atoms. The second-order valence-electron chi connectivity index (χ2n) is 9.78. The zero-order valence-electron chi connectivity index (χ0n) is 20.8. The highest BCUT2D eigenvalue weighted by Gasteiger charge is 2.34. The number of hydrogen-bond acceptors (Lipinski definition) is 7. The molecule has 4 amide bonds. The SMILES string of the molecule is CC(=O)OCC(=O)[C@H](C[C@@H]1CCNC1=O)NC(=O)[C@H](CC(C)C)NC(=O)C(=O)NC1CCCCC1. The Kier molecular flexibility index (Phi) is 11.1. The van der Waals surface area contributed by atoms with E-state index in [0.29, 0.717) is 13.0 Å². The summed E-state index contributed by atoms with van der Waals surface area (Å²) >= 11 is 0. The van der Waals surface area contributed by atoms with Gasteiger partial charge >= 0.3 is 17.8 Å². The van der Waals surface area contributed by atoms with Gasteiger partial charge in [-0.25, -0.2) is 0 Å². The summed E-state index contributed by atoms with van der Waals surface area (Å²) in [6.07, 6.45) is 5.52. The number of ketones is 1. The van der Waals surface area contributed by atoms with Crippen LogP contribution >= 0.6 is 0 Å². The minimum atomic E-state index is -1.08. The van der Waals surface area contributed by atoms with Crippen LogP contribution in [0.15, 0.2) is 0 Å². The van der Waals surface area contributed by atoms with Gasteiger partial charge in [-0.15, -0.1) is 0 Å².